The summed E-state index contributed by atoms with van der Waals surface area (Å²) in [5.74, 6) is 0.0574. The minimum atomic E-state index is -0.159. The van der Waals surface area contributed by atoms with Crippen molar-refractivity contribution in [2.45, 2.75) is 18.9 Å². The van der Waals surface area contributed by atoms with Crippen molar-refractivity contribution in [1.82, 2.24) is 4.48 Å². The summed E-state index contributed by atoms with van der Waals surface area (Å²) < 4.78 is 0.545. The summed E-state index contributed by atoms with van der Waals surface area (Å²) in [6.45, 7) is 0. The van der Waals surface area contributed by atoms with Crippen molar-refractivity contribution >= 4 is 22.2 Å². The molecule has 106 valence electrons. The molecule has 0 saturated carbocycles. The van der Waals surface area contributed by atoms with Crippen LogP contribution in [-0.2, 0) is 4.79 Å². The third-order valence-electron chi connectivity index (χ3n) is 4.93. The topological polar surface area (TPSA) is 40.1 Å². The molecule has 21 heavy (non-hydrogen) atoms. The Bertz CT molecular complexity index is 812. The van der Waals surface area contributed by atoms with Gasteiger partial charge in [0, 0.05) is 17.6 Å². The molecule has 1 heterocycles. The first kappa shape index (κ1) is 12.6. The van der Waals surface area contributed by atoms with Gasteiger partial charge in [-0.3, -0.25) is 9.28 Å². The van der Waals surface area contributed by atoms with Crippen LogP contribution in [0, 0.1) is 0 Å². The first-order chi connectivity index (χ1) is 10.0. The fraction of sp³-hybridized carbons (Fsp3) is 0.278. The van der Waals surface area contributed by atoms with Gasteiger partial charge >= 0.3 is 0 Å². The maximum absolute atomic E-state index is 12.3. The molecular weight excluding hydrogens is 262 g/mol. The summed E-state index contributed by atoms with van der Waals surface area (Å²) in [5.41, 5.74) is 2.81. The molecule has 2 aromatic rings. The van der Waals surface area contributed by atoms with E-state index in [2.05, 4.69) is 38.4 Å². The molecule has 0 saturated heterocycles. The molecule has 1 aliphatic carbocycles. The minimum absolute atomic E-state index is 0.0287. The molecular formula is C18H17NO2. The van der Waals surface area contributed by atoms with Crippen molar-refractivity contribution in [3.05, 3.63) is 53.3 Å². The zero-order chi connectivity index (χ0) is 14.8. The van der Waals surface area contributed by atoms with E-state index < -0.39 is 0 Å². The van der Waals surface area contributed by atoms with E-state index in [1.807, 2.05) is 12.1 Å². The lowest BCUT2D eigenvalue weighted by molar-refractivity contribution is -0.307. The molecule has 2 aliphatic rings. The number of allylic oxidation sites excluding steroid dienone is 1. The van der Waals surface area contributed by atoms with Crippen LogP contribution in [0.5, 0.6) is 0 Å². The average molecular weight is 279 g/mol. The number of carbonyl (C=O) groups excluding carboxylic acids is 1. The van der Waals surface area contributed by atoms with Gasteiger partial charge in [-0.2, -0.15) is 0 Å². The number of ketones is 1. The van der Waals surface area contributed by atoms with E-state index in [1.165, 1.54) is 16.5 Å². The van der Waals surface area contributed by atoms with Crippen LogP contribution in [0.2, 0.25) is 0 Å². The molecule has 0 radical (unpaired) electrons. The molecule has 0 N–H and O–H groups in total. The molecule has 1 atom stereocenters. The lowest BCUT2D eigenvalue weighted by Gasteiger charge is -2.34. The van der Waals surface area contributed by atoms with E-state index >= 15 is 0 Å². The molecule has 0 aromatic heterocycles. The molecule has 0 amide bonds. The minimum Gasteiger partial charge on any atom is -0.875 e. The second kappa shape index (κ2) is 3.95. The number of likely N-dealkylation sites (N-methyl/N-ethyl adjacent to an activating group) is 1. The van der Waals surface area contributed by atoms with Gasteiger partial charge in [0.1, 0.15) is 11.7 Å². The van der Waals surface area contributed by atoms with Crippen molar-refractivity contribution in [1.29, 1.82) is 0 Å². The highest BCUT2D eigenvalue weighted by molar-refractivity contribution is 6.05. The van der Waals surface area contributed by atoms with Gasteiger partial charge in [-0.25, -0.2) is 0 Å². The van der Waals surface area contributed by atoms with Gasteiger partial charge in [0.2, 0.25) is 0 Å². The van der Waals surface area contributed by atoms with Gasteiger partial charge in [0.05, 0.1) is 19.5 Å². The van der Waals surface area contributed by atoms with E-state index in [4.69, 9.17) is 0 Å². The van der Waals surface area contributed by atoms with Crippen molar-refractivity contribution in [3.63, 3.8) is 0 Å². The number of quaternary nitrogens is 1. The lowest BCUT2D eigenvalue weighted by Crippen LogP contribution is -2.43. The zero-order valence-corrected chi connectivity index (χ0v) is 12.2. The van der Waals surface area contributed by atoms with Crippen LogP contribution in [-0.4, -0.2) is 19.9 Å². The van der Waals surface area contributed by atoms with Crippen LogP contribution >= 0.6 is 0 Å². The van der Waals surface area contributed by atoms with Gasteiger partial charge in [-0.05, 0) is 17.9 Å². The monoisotopic (exact) mass is 279 g/mol. The summed E-state index contributed by atoms with van der Waals surface area (Å²) in [5, 5.41) is 14.6. The predicted octanol–water partition coefficient (Wildman–Crippen LogP) is 2.44. The summed E-state index contributed by atoms with van der Waals surface area (Å²) in [6, 6.07) is 12.3. The molecule has 1 unspecified atom stereocenters. The maximum Gasteiger partial charge on any atom is 0.164 e. The Morgan fingerprint density at radius 2 is 1.81 bits per heavy atom. The van der Waals surface area contributed by atoms with Gasteiger partial charge in [0.15, 0.2) is 5.78 Å². The van der Waals surface area contributed by atoms with Crippen LogP contribution in [0.15, 0.2) is 47.7 Å². The third-order valence-corrected chi connectivity index (χ3v) is 4.93. The van der Waals surface area contributed by atoms with Crippen LogP contribution < -0.4 is 9.59 Å². The number of rotatable bonds is 1. The number of hydrogen-bond donors (Lipinski definition) is 0. The van der Waals surface area contributed by atoms with E-state index in [0.29, 0.717) is 22.9 Å². The normalized spacial score (nSPS) is 23.3. The molecule has 0 spiro atoms. The van der Waals surface area contributed by atoms with Crippen LogP contribution in [0.25, 0.3) is 10.8 Å². The SMILES string of the molecule is C[N+]1(C)c2cccc3cccc(c23)C1C1=C([O-])CCC1=O. The first-order valence-electron chi connectivity index (χ1n) is 7.31. The van der Waals surface area contributed by atoms with Gasteiger partial charge in [-0.15, -0.1) is 5.76 Å². The zero-order valence-electron chi connectivity index (χ0n) is 12.2. The summed E-state index contributed by atoms with van der Waals surface area (Å²) in [6.07, 6.45) is 0.744. The summed E-state index contributed by atoms with van der Waals surface area (Å²) >= 11 is 0. The Balaban J connectivity index is 2.06. The van der Waals surface area contributed by atoms with Gasteiger partial charge in [0.25, 0.3) is 0 Å². The lowest BCUT2D eigenvalue weighted by atomic mass is 9.95. The Labute approximate surface area is 123 Å². The third kappa shape index (κ3) is 1.49. The quantitative estimate of drug-likeness (QED) is 0.752. The van der Waals surface area contributed by atoms with Crippen LogP contribution in [0.3, 0.4) is 0 Å². The van der Waals surface area contributed by atoms with Crippen molar-refractivity contribution in [3.8, 4) is 0 Å². The molecule has 3 heteroatoms. The van der Waals surface area contributed by atoms with Crippen LogP contribution in [0.4, 0.5) is 5.69 Å². The van der Waals surface area contributed by atoms with Crippen molar-refractivity contribution in [2.75, 3.05) is 14.1 Å². The smallest absolute Gasteiger partial charge is 0.164 e. The maximum atomic E-state index is 12.3. The van der Waals surface area contributed by atoms with E-state index in [0.717, 1.165) is 5.56 Å². The molecule has 0 fully saturated rings. The predicted molar refractivity (Wildman–Crippen MR) is 81.6 cm³/mol. The molecule has 4 rings (SSSR count). The largest absolute Gasteiger partial charge is 0.875 e. The average Bonchev–Trinajstić information content (AvgIpc) is 2.89. The number of hydrogen-bond acceptors (Lipinski definition) is 2. The Morgan fingerprint density at radius 1 is 1.10 bits per heavy atom. The molecule has 1 aliphatic heterocycles. The molecule has 3 nitrogen and oxygen atoms in total. The van der Waals surface area contributed by atoms with Crippen molar-refractivity contribution in [2.24, 2.45) is 0 Å². The second-order valence-corrected chi connectivity index (χ2v) is 6.42. The van der Waals surface area contributed by atoms with Gasteiger partial charge in [-0.1, -0.05) is 30.3 Å². The van der Waals surface area contributed by atoms with Crippen LogP contribution in [0.1, 0.15) is 24.4 Å². The van der Waals surface area contributed by atoms with Crippen molar-refractivity contribution < 1.29 is 9.90 Å². The number of carbonyl (C=O) groups is 1. The highest BCUT2D eigenvalue weighted by Crippen LogP contribution is 2.51. The number of benzene rings is 2. The Kier molecular flexibility index (Phi) is 2.37. The fourth-order valence-electron chi connectivity index (χ4n) is 3.98. The summed E-state index contributed by atoms with van der Waals surface area (Å²) in [7, 11) is 4.18. The van der Waals surface area contributed by atoms with E-state index in [9.17, 15) is 9.90 Å². The van der Waals surface area contributed by atoms with E-state index in [1.54, 1.807) is 0 Å². The second-order valence-electron chi connectivity index (χ2n) is 6.42. The highest BCUT2D eigenvalue weighted by Gasteiger charge is 2.46. The number of nitrogens with zero attached hydrogens (tertiary/aromatic N) is 1. The Morgan fingerprint density at radius 3 is 2.48 bits per heavy atom. The van der Waals surface area contributed by atoms with Gasteiger partial charge < -0.3 is 5.11 Å². The Hall–Kier alpha value is -2.13. The fourth-order valence-corrected chi connectivity index (χ4v) is 3.98. The first-order valence-corrected chi connectivity index (χ1v) is 7.31. The number of Topliss-reactive ketones (excluding diaryl/α,β-unsaturated/α-hetero) is 1. The van der Waals surface area contributed by atoms with E-state index in [-0.39, 0.29) is 17.6 Å². The molecule has 2 aromatic carbocycles. The highest BCUT2D eigenvalue weighted by atomic mass is 16.3. The standard InChI is InChI=1S/C18H17NO2/c1-19(2)13-8-4-6-11-5-3-7-12(16(11)13)18(19)17-14(20)9-10-15(17)21/h3-8,18H,9-10H2,1-2H3. The molecule has 0 bridgehead atoms. The summed E-state index contributed by atoms with van der Waals surface area (Å²) in [4.78, 5) is 12.3.